The molecule has 0 aromatic rings. The summed E-state index contributed by atoms with van der Waals surface area (Å²) in [4.78, 5) is 0. The number of rotatable bonds is 7. The molecule has 1 aliphatic heterocycles. The van der Waals surface area contributed by atoms with E-state index in [1.165, 1.54) is 0 Å². The molecule has 0 saturated heterocycles. The lowest BCUT2D eigenvalue weighted by Crippen LogP contribution is -2.28. The number of ether oxygens (including phenoxy) is 2. The normalized spacial score (nSPS) is 17.7. The molecular weight excluding hydrogens is 178 g/mol. The van der Waals surface area contributed by atoms with Gasteiger partial charge in [0.15, 0.2) is 0 Å². The van der Waals surface area contributed by atoms with E-state index in [2.05, 4.69) is 11.4 Å². The second-order valence-electron chi connectivity index (χ2n) is 3.42. The summed E-state index contributed by atoms with van der Waals surface area (Å²) in [6.07, 6.45) is 5.41. The van der Waals surface area contributed by atoms with Gasteiger partial charge in [-0.2, -0.15) is 0 Å². The Morgan fingerprint density at radius 2 is 2.50 bits per heavy atom. The fourth-order valence-electron chi connectivity index (χ4n) is 1.64. The summed E-state index contributed by atoms with van der Waals surface area (Å²) in [6.45, 7) is 4.53. The van der Waals surface area contributed by atoms with Gasteiger partial charge in [0.1, 0.15) is 5.76 Å². The first-order valence-electron chi connectivity index (χ1n) is 5.46. The fourth-order valence-corrected chi connectivity index (χ4v) is 1.64. The highest BCUT2D eigenvalue weighted by Gasteiger charge is 2.16. The lowest BCUT2D eigenvalue weighted by Gasteiger charge is -2.17. The summed E-state index contributed by atoms with van der Waals surface area (Å²) in [7, 11) is 1.98. The van der Waals surface area contributed by atoms with Gasteiger partial charge in [0, 0.05) is 19.6 Å². The Labute approximate surface area is 86.5 Å². The number of hydrogen-bond donors (Lipinski definition) is 1. The first kappa shape index (κ1) is 11.5. The number of likely N-dealkylation sites (N-methyl/N-ethyl adjacent to an activating group) is 1. The van der Waals surface area contributed by atoms with Crippen molar-refractivity contribution in [2.45, 2.75) is 32.2 Å². The van der Waals surface area contributed by atoms with Crippen LogP contribution in [0.1, 0.15) is 26.2 Å². The molecule has 1 N–H and O–H groups in total. The van der Waals surface area contributed by atoms with Crippen molar-refractivity contribution in [1.29, 1.82) is 0 Å². The van der Waals surface area contributed by atoms with Crippen LogP contribution in [0.3, 0.4) is 0 Å². The van der Waals surface area contributed by atoms with Crippen LogP contribution in [0.5, 0.6) is 0 Å². The summed E-state index contributed by atoms with van der Waals surface area (Å²) in [6, 6.07) is 0.373. The van der Waals surface area contributed by atoms with Gasteiger partial charge >= 0.3 is 0 Å². The maximum absolute atomic E-state index is 5.52. The van der Waals surface area contributed by atoms with Crippen LogP contribution in [0.4, 0.5) is 0 Å². The van der Waals surface area contributed by atoms with E-state index in [-0.39, 0.29) is 0 Å². The molecule has 1 unspecified atom stereocenters. The van der Waals surface area contributed by atoms with E-state index < -0.39 is 0 Å². The van der Waals surface area contributed by atoms with Crippen LogP contribution in [-0.2, 0) is 9.47 Å². The molecular formula is C11H21NO2. The van der Waals surface area contributed by atoms with E-state index >= 15 is 0 Å². The van der Waals surface area contributed by atoms with Gasteiger partial charge in [0.25, 0.3) is 0 Å². The molecule has 1 aliphatic rings. The molecule has 0 aromatic heterocycles. The average molecular weight is 199 g/mol. The Balaban J connectivity index is 2.18. The van der Waals surface area contributed by atoms with E-state index in [9.17, 15) is 0 Å². The van der Waals surface area contributed by atoms with Crippen molar-refractivity contribution < 1.29 is 9.47 Å². The van der Waals surface area contributed by atoms with Gasteiger partial charge in [0.05, 0.1) is 12.6 Å². The predicted octanol–water partition coefficient (Wildman–Crippen LogP) is 1.70. The molecule has 0 aliphatic carbocycles. The van der Waals surface area contributed by atoms with Crippen LogP contribution < -0.4 is 5.32 Å². The first-order valence-corrected chi connectivity index (χ1v) is 5.46. The standard InChI is InChI=1S/C11H21NO2/c1-3-13-8-4-6-10(12-2)11-7-5-9-14-11/h7,10,12H,3-6,8-9H2,1-2H3. The Morgan fingerprint density at radius 3 is 3.07 bits per heavy atom. The zero-order valence-corrected chi connectivity index (χ0v) is 9.21. The van der Waals surface area contributed by atoms with Crippen LogP contribution in [0.15, 0.2) is 11.8 Å². The van der Waals surface area contributed by atoms with Crippen LogP contribution in [0.2, 0.25) is 0 Å². The van der Waals surface area contributed by atoms with Gasteiger partial charge in [-0.3, -0.25) is 0 Å². The van der Waals surface area contributed by atoms with Crippen LogP contribution in [0.25, 0.3) is 0 Å². The topological polar surface area (TPSA) is 30.5 Å². The van der Waals surface area contributed by atoms with Crippen molar-refractivity contribution in [3.63, 3.8) is 0 Å². The van der Waals surface area contributed by atoms with E-state index in [0.717, 1.165) is 44.8 Å². The molecule has 0 bridgehead atoms. The van der Waals surface area contributed by atoms with Crippen molar-refractivity contribution in [2.75, 3.05) is 26.9 Å². The zero-order valence-electron chi connectivity index (χ0n) is 9.21. The lowest BCUT2D eigenvalue weighted by atomic mass is 10.1. The Kier molecular flexibility index (Phi) is 5.64. The van der Waals surface area contributed by atoms with E-state index in [0.29, 0.717) is 6.04 Å². The van der Waals surface area contributed by atoms with Crippen LogP contribution in [0, 0.1) is 0 Å². The third-order valence-electron chi connectivity index (χ3n) is 2.41. The smallest absolute Gasteiger partial charge is 0.109 e. The lowest BCUT2D eigenvalue weighted by molar-refractivity contribution is 0.138. The summed E-state index contributed by atoms with van der Waals surface area (Å²) < 4.78 is 10.8. The van der Waals surface area contributed by atoms with Gasteiger partial charge in [-0.1, -0.05) is 0 Å². The van der Waals surface area contributed by atoms with Gasteiger partial charge in [-0.15, -0.1) is 0 Å². The Hall–Kier alpha value is -0.540. The van der Waals surface area contributed by atoms with Crippen molar-refractivity contribution in [3.05, 3.63) is 11.8 Å². The van der Waals surface area contributed by atoms with Gasteiger partial charge < -0.3 is 14.8 Å². The molecule has 82 valence electrons. The largest absolute Gasteiger partial charge is 0.496 e. The highest BCUT2D eigenvalue weighted by molar-refractivity contribution is 5.06. The van der Waals surface area contributed by atoms with Crippen molar-refractivity contribution in [1.82, 2.24) is 5.32 Å². The summed E-state index contributed by atoms with van der Waals surface area (Å²) in [5.74, 6) is 1.11. The maximum Gasteiger partial charge on any atom is 0.109 e. The van der Waals surface area contributed by atoms with Gasteiger partial charge in [-0.25, -0.2) is 0 Å². The maximum atomic E-state index is 5.52. The molecule has 3 nitrogen and oxygen atoms in total. The predicted molar refractivity (Wildman–Crippen MR) is 57.2 cm³/mol. The first-order chi connectivity index (χ1) is 6.88. The number of hydrogen-bond acceptors (Lipinski definition) is 3. The van der Waals surface area contributed by atoms with Crippen molar-refractivity contribution in [3.8, 4) is 0 Å². The van der Waals surface area contributed by atoms with Crippen LogP contribution in [-0.4, -0.2) is 32.9 Å². The Morgan fingerprint density at radius 1 is 1.64 bits per heavy atom. The third kappa shape index (κ3) is 3.68. The molecule has 0 spiro atoms. The second-order valence-corrected chi connectivity index (χ2v) is 3.42. The highest BCUT2D eigenvalue weighted by atomic mass is 16.5. The van der Waals surface area contributed by atoms with Gasteiger partial charge in [-0.05, 0) is 32.9 Å². The van der Waals surface area contributed by atoms with E-state index in [4.69, 9.17) is 9.47 Å². The molecule has 0 radical (unpaired) electrons. The third-order valence-corrected chi connectivity index (χ3v) is 2.41. The highest BCUT2D eigenvalue weighted by Crippen LogP contribution is 2.16. The SMILES string of the molecule is CCOCCCC(NC)C1=CCCO1. The summed E-state index contributed by atoms with van der Waals surface area (Å²) in [5, 5.41) is 3.27. The molecule has 1 heterocycles. The monoisotopic (exact) mass is 199 g/mol. The second kappa shape index (κ2) is 6.85. The molecule has 0 fully saturated rings. The molecule has 0 amide bonds. The fraction of sp³-hybridized carbons (Fsp3) is 0.818. The van der Waals surface area contributed by atoms with Crippen molar-refractivity contribution >= 4 is 0 Å². The molecule has 1 rings (SSSR count). The van der Waals surface area contributed by atoms with Crippen LogP contribution >= 0.6 is 0 Å². The number of nitrogens with one attached hydrogen (secondary N) is 1. The quantitative estimate of drug-likeness (QED) is 0.633. The zero-order chi connectivity index (χ0) is 10.2. The minimum absolute atomic E-state index is 0.373. The molecule has 0 aromatic carbocycles. The van der Waals surface area contributed by atoms with Crippen molar-refractivity contribution in [2.24, 2.45) is 0 Å². The minimum atomic E-state index is 0.373. The minimum Gasteiger partial charge on any atom is -0.496 e. The summed E-state index contributed by atoms with van der Waals surface area (Å²) in [5.41, 5.74) is 0. The molecule has 3 heteroatoms. The summed E-state index contributed by atoms with van der Waals surface area (Å²) >= 11 is 0. The van der Waals surface area contributed by atoms with E-state index in [1.807, 2.05) is 14.0 Å². The Bertz CT molecular complexity index is 180. The molecule has 14 heavy (non-hydrogen) atoms. The van der Waals surface area contributed by atoms with E-state index in [1.54, 1.807) is 0 Å². The molecule has 0 saturated carbocycles. The molecule has 1 atom stereocenters. The van der Waals surface area contributed by atoms with Gasteiger partial charge in [0.2, 0.25) is 0 Å². The average Bonchev–Trinajstić information content (AvgIpc) is 2.71.